The largest absolute Gasteiger partial charge is 0.517 e. The lowest BCUT2D eigenvalue weighted by atomic mass is 10.2. The summed E-state index contributed by atoms with van der Waals surface area (Å²) in [6.07, 6.45) is 0. The maximum atomic E-state index is 13.4. The van der Waals surface area contributed by atoms with Crippen molar-refractivity contribution in [2.75, 3.05) is 12.3 Å². The van der Waals surface area contributed by atoms with Gasteiger partial charge in [-0.2, -0.15) is 9.37 Å². The first-order valence-corrected chi connectivity index (χ1v) is 10.2. The maximum absolute atomic E-state index is 13.4. The van der Waals surface area contributed by atoms with Gasteiger partial charge in [-0.1, -0.05) is 44.0 Å². The molecule has 0 spiro atoms. The minimum absolute atomic E-state index is 0.130. The summed E-state index contributed by atoms with van der Waals surface area (Å²) in [6.45, 7) is 9.41. The Balaban J connectivity index is 2.78. The van der Waals surface area contributed by atoms with E-state index in [4.69, 9.17) is 38.1 Å². The molecule has 124 valence electrons. The van der Waals surface area contributed by atoms with Crippen LogP contribution in [0.4, 0.5) is 10.1 Å². The molecule has 0 aliphatic carbocycles. The molecule has 9 heteroatoms. The highest BCUT2D eigenvalue weighted by atomic mass is 35.5. The second-order valence-corrected chi connectivity index (χ2v) is 11.8. The molecular weight excluding hydrogens is 350 g/mol. The van der Waals surface area contributed by atoms with E-state index in [-0.39, 0.29) is 26.7 Å². The molecule has 0 aliphatic rings. The quantitative estimate of drug-likeness (QED) is 0.641. The first-order valence-electron chi connectivity index (χ1n) is 6.51. The van der Waals surface area contributed by atoms with Crippen LogP contribution in [0.25, 0.3) is 0 Å². The Morgan fingerprint density at radius 1 is 1.32 bits per heavy atom. The van der Waals surface area contributed by atoms with Gasteiger partial charge in [0.05, 0.1) is 5.69 Å². The third-order valence-electron chi connectivity index (χ3n) is 3.54. The molecule has 1 aromatic heterocycles. The third kappa shape index (κ3) is 4.24. The van der Waals surface area contributed by atoms with Crippen molar-refractivity contribution in [1.82, 2.24) is 4.98 Å². The number of nitrogens with two attached hydrogens (primary N) is 1. The van der Waals surface area contributed by atoms with Crippen LogP contribution in [0.15, 0.2) is 0 Å². The zero-order chi connectivity index (χ0) is 17.3. The smallest absolute Gasteiger partial charge is 0.330 e. The molecular formula is C13H19Cl2FN2O3Si. The van der Waals surface area contributed by atoms with Crippen molar-refractivity contribution >= 4 is 43.2 Å². The molecule has 5 nitrogen and oxygen atoms in total. The van der Waals surface area contributed by atoms with Crippen molar-refractivity contribution in [3.8, 4) is 5.88 Å². The summed E-state index contributed by atoms with van der Waals surface area (Å²) in [5.74, 6) is -1.89. The normalized spacial score (nSPS) is 12.2. The van der Waals surface area contributed by atoms with Gasteiger partial charge in [-0.05, 0) is 18.1 Å². The van der Waals surface area contributed by atoms with E-state index >= 15 is 0 Å². The van der Waals surface area contributed by atoms with Crippen molar-refractivity contribution in [3.63, 3.8) is 0 Å². The monoisotopic (exact) mass is 368 g/mol. The highest BCUT2D eigenvalue weighted by Gasteiger charge is 2.40. The molecule has 0 aliphatic heterocycles. The average Bonchev–Trinajstić information content (AvgIpc) is 2.37. The van der Waals surface area contributed by atoms with E-state index in [1.807, 2.05) is 33.9 Å². The summed E-state index contributed by atoms with van der Waals surface area (Å²) < 4.78 is 24.0. The van der Waals surface area contributed by atoms with Crippen LogP contribution >= 0.6 is 23.2 Å². The highest BCUT2D eigenvalue weighted by molar-refractivity contribution is 6.75. The van der Waals surface area contributed by atoms with Crippen LogP contribution in [-0.2, 0) is 9.22 Å². The molecule has 1 heterocycles. The molecule has 0 aromatic carbocycles. The molecule has 22 heavy (non-hydrogen) atoms. The molecule has 0 saturated carbocycles. The number of hydrogen-bond donors (Lipinski definition) is 1. The lowest BCUT2D eigenvalue weighted by Gasteiger charge is -2.35. The van der Waals surface area contributed by atoms with Crippen molar-refractivity contribution in [2.45, 2.75) is 38.9 Å². The minimum atomic E-state index is -2.25. The lowest BCUT2D eigenvalue weighted by Crippen LogP contribution is -2.43. The van der Waals surface area contributed by atoms with E-state index < -0.39 is 26.8 Å². The summed E-state index contributed by atoms with van der Waals surface area (Å²) in [4.78, 5) is 15.3. The highest BCUT2D eigenvalue weighted by Crippen LogP contribution is 2.37. The van der Waals surface area contributed by atoms with Crippen molar-refractivity contribution in [3.05, 3.63) is 16.0 Å². The summed E-state index contributed by atoms with van der Waals surface area (Å²) >= 11 is 11.4. The first-order chi connectivity index (χ1) is 9.86. The molecule has 0 radical (unpaired) electrons. The van der Waals surface area contributed by atoms with Crippen molar-refractivity contribution in [1.29, 1.82) is 0 Å². The van der Waals surface area contributed by atoms with Crippen LogP contribution in [0.2, 0.25) is 28.2 Å². The number of aromatic nitrogens is 1. The number of hydrogen-bond acceptors (Lipinski definition) is 5. The van der Waals surface area contributed by atoms with Crippen LogP contribution in [0, 0.1) is 5.95 Å². The van der Waals surface area contributed by atoms with Crippen LogP contribution < -0.4 is 10.5 Å². The van der Waals surface area contributed by atoms with Crippen LogP contribution in [0.3, 0.4) is 0 Å². The minimum Gasteiger partial charge on any atom is -0.517 e. The number of ether oxygens (including phenoxy) is 1. The summed E-state index contributed by atoms with van der Waals surface area (Å²) in [5, 5.41) is -0.664. The van der Waals surface area contributed by atoms with Gasteiger partial charge in [0.15, 0.2) is 6.61 Å². The predicted octanol–water partition coefficient (Wildman–Crippen LogP) is 4.04. The summed E-state index contributed by atoms with van der Waals surface area (Å²) in [5.41, 5.74) is 5.32. The number of nitrogens with zero attached hydrogens (tertiary/aromatic N) is 1. The Morgan fingerprint density at radius 2 is 1.86 bits per heavy atom. The maximum Gasteiger partial charge on any atom is 0.330 e. The van der Waals surface area contributed by atoms with Crippen molar-refractivity contribution in [2.24, 2.45) is 0 Å². The zero-order valence-electron chi connectivity index (χ0n) is 13.1. The van der Waals surface area contributed by atoms with Crippen LogP contribution in [-0.4, -0.2) is 25.9 Å². The van der Waals surface area contributed by atoms with Crippen molar-refractivity contribution < 1.29 is 18.3 Å². The number of rotatable bonds is 4. The molecule has 0 amide bonds. The second kappa shape index (κ2) is 6.60. The van der Waals surface area contributed by atoms with E-state index in [0.717, 1.165) is 0 Å². The van der Waals surface area contributed by atoms with E-state index in [9.17, 15) is 9.18 Å². The SMILES string of the molecule is CC(C)(C)[Si](C)(C)OC(=O)COc1nc(F)c(Cl)c(N)c1Cl. The van der Waals surface area contributed by atoms with E-state index in [1.165, 1.54) is 0 Å². The summed E-state index contributed by atoms with van der Waals surface area (Å²) in [6, 6.07) is 0. The van der Waals surface area contributed by atoms with Crippen LogP contribution in [0.1, 0.15) is 20.8 Å². The lowest BCUT2D eigenvalue weighted by molar-refractivity contribution is -0.137. The Kier molecular flexibility index (Phi) is 5.70. The molecule has 1 rings (SSSR count). The van der Waals surface area contributed by atoms with Gasteiger partial charge < -0.3 is 14.9 Å². The Hall–Kier alpha value is -1.05. The van der Waals surface area contributed by atoms with Gasteiger partial charge >= 0.3 is 5.97 Å². The Bertz CT molecular complexity index is 592. The zero-order valence-corrected chi connectivity index (χ0v) is 15.6. The van der Waals surface area contributed by atoms with E-state index in [2.05, 4.69) is 4.98 Å². The molecule has 0 bridgehead atoms. The van der Waals surface area contributed by atoms with Gasteiger partial charge in [0, 0.05) is 0 Å². The Morgan fingerprint density at radius 3 is 2.36 bits per heavy atom. The fourth-order valence-electron chi connectivity index (χ4n) is 1.20. The molecule has 0 fully saturated rings. The van der Waals surface area contributed by atoms with Gasteiger partial charge in [0.25, 0.3) is 8.32 Å². The van der Waals surface area contributed by atoms with E-state index in [0.29, 0.717) is 0 Å². The van der Waals surface area contributed by atoms with Gasteiger partial charge in [-0.3, -0.25) is 0 Å². The van der Waals surface area contributed by atoms with Gasteiger partial charge in [-0.25, -0.2) is 4.79 Å². The second-order valence-electron chi connectivity index (χ2n) is 6.27. The summed E-state index contributed by atoms with van der Waals surface area (Å²) in [7, 11) is -2.25. The average molecular weight is 369 g/mol. The fourth-order valence-corrected chi connectivity index (χ4v) is 2.51. The number of carbonyl (C=O) groups is 1. The molecule has 1 aromatic rings. The van der Waals surface area contributed by atoms with Gasteiger partial charge in [0.1, 0.15) is 10.0 Å². The van der Waals surface area contributed by atoms with Gasteiger partial charge in [-0.15, -0.1) is 0 Å². The third-order valence-corrected chi connectivity index (χ3v) is 8.62. The number of nitrogen functional groups attached to an aromatic ring is 1. The number of carbonyl (C=O) groups excluding carboxylic acids is 1. The number of anilines is 1. The molecule has 0 saturated heterocycles. The fraction of sp³-hybridized carbons (Fsp3) is 0.538. The van der Waals surface area contributed by atoms with E-state index in [1.54, 1.807) is 0 Å². The van der Waals surface area contributed by atoms with Crippen LogP contribution in [0.5, 0.6) is 5.88 Å². The van der Waals surface area contributed by atoms with Gasteiger partial charge in [0.2, 0.25) is 11.8 Å². The number of pyridine rings is 1. The first kappa shape index (κ1) is 19.0. The predicted molar refractivity (Wildman–Crippen MR) is 87.4 cm³/mol. The molecule has 0 unspecified atom stereocenters. The molecule has 0 atom stereocenters. The molecule has 2 N–H and O–H groups in total. The topological polar surface area (TPSA) is 74.4 Å². The Labute approximate surface area is 140 Å². The number of halogens is 3. The standard InChI is InChI=1S/C13H19Cl2FN2O3Si/c1-13(2,3)22(4,5)21-7(19)6-20-12-9(15)10(17)8(14)11(16)18-12/h6H2,1-5H3,(H2,17,18).